The van der Waals surface area contributed by atoms with E-state index < -0.39 is 24.3 Å². The van der Waals surface area contributed by atoms with Crippen molar-refractivity contribution in [2.24, 2.45) is 10.9 Å². The van der Waals surface area contributed by atoms with Gasteiger partial charge < -0.3 is 24.3 Å². The van der Waals surface area contributed by atoms with Crippen LogP contribution in [0, 0.1) is 5.41 Å². The summed E-state index contributed by atoms with van der Waals surface area (Å²) in [5.41, 5.74) is 9.03. The normalized spacial score (nSPS) is 14.7. The second-order valence-electron chi connectivity index (χ2n) is 14.1. The van der Waals surface area contributed by atoms with Gasteiger partial charge in [0.15, 0.2) is 16.9 Å². The first-order chi connectivity index (χ1) is 26.4. The van der Waals surface area contributed by atoms with E-state index >= 15 is 0 Å². The highest BCUT2D eigenvalue weighted by molar-refractivity contribution is 7.55. The van der Waals surface area contributed by atoms with E-state index in [0.29, 0.717) is 36.2 Å². The molecule has 4 N–H and O–H groups in total. The number of fused-ring (bicyclic) bond motifs is 4. The van der Waals surface area contributed by atoms with E-state index in [-0.39, 0.29) is 64.3 Å². The number of benzene rings is 4. The van der Waals surface area contributed by atoms with Gasteiger partial charge in [-0.1, -0.05) is 75.9 Å². The molecule has 1 atom stereocenters. The largest absolute Gasteiger partial charge is 0.462 e. The number of Topliss-reactive ketones (excluding diaryl/α,β-unsaturated/α-hetero) is 1. The zero-order chi connectivity index (χ0) is 39.3. The molecule has 1 aliphatic heterocycles. The number of nitrogens with one attached hydrogen (secondary N) is 2. The van der Waals surface area contributed by atoms with Gasteiger partial charge >= 0.3 is 5.97 Å². The van der Waals surface area contributed by atoms with E-state index in [0.717, 1.165) is 42.4 Å². The number of ketones is 1. The van der Waals surface area contributed by atoms with E-state index in [4.69, 9.17) is 19.2 Å². The summed E-state index contributed by atoms with van der Waals surface area (Å²) in [4.78, 5) is 55.2. The molecular formula is C43H48N3O8P. The van der Waals surface area contributed by atoms with Crippen LogP contribution < -0.4 is 21.6 Å². The fraction of sp³-hybridized carbons (Fsp3) is 0.349. The van der Waals surface area contributed by atoms with Gasteiger partial charge in [0.1, 0.15) is 5.41 Å². The Hall–Kier alpha value is -5.09. The summed E-state index contributed by atoms with van der Waals surface area (Å²) in [6.07, 6.45) is 4.83. The Morgan fingerprint density at radius 2 is 1.45 bits per heavy atom. The zero-order valence-electron chi connectivity index (χ0n) is 31.8. The smallest absolute Gasteiger partial charge is 0.338 e. The number of unbranched alkanes of at least 4 members (excludes halogenated alkanes) is 2. The number of rotatable bonds is 16. The summed E-state index contributed by atoms with van der Waals surface area (Å²) < 4.78 is 29.4. The molecule has 1 unspecified atom stereocenters. The van der Waals surface area contributed by atoms with Crippen LogP contribution in [-0.4, -0.2) is 30.9 Å². The number of nitrogens with two attached hydrogens (primary N) is 1. The lowest BCUT2D eigenvalue weighted by Gasteiger charge is -2.35. The van der Waals surface area contributed by atoms with Gasteiger partial charge in [-0.3, -0.25) is 24.5 Å². The van der Waals surface area contributed by atoms with Crippen molar-refractivity contribution in [2.45, 2.75) is 78.8 Å². The molecule has 5 aromatic rings. The Bertz CT molecular complexity index is 2340. The molecule has 1 aliphatic rings. The molecule has 0 bridgehead atoms. The number of anilines is 3. The summed E-state index contributed by atoms with van der Waals surface area (Å²) in [5, 5.41) is 6.61. The fourth-order valence-electron chi connectivity index (χ4n) is 7.27. The lowest BCUT2D eigenvalue weighted by molar-refractivity contribution is -0.124. The molecule has 0 fully saturated rings. The predicted octanol–water partition coefficient (Wildman–Crippen LogP) is 9.65. The van der Waals surface area contributed by atoms with E-state index in [2.05, 4.69) is 10.6 Å². The number of hydrogen-bond acceptors (Lipinski definition) is 9. The minimum absolute atomic E-state index is 0.0942. The minimum Gasteiger partial charge on any atom is -0.462 e. The average Bonchev–Trinajstić information content (AvgIpc) is 3.16. The Labute approximate surface area is 320 Å². The van der Waals surface area contributed by atoms with Crippen LogP contribution in [0.5, 0.6) is 0 Å². The Morgan fingerprint density at radius 1 is 0.818 bits per heavy atom. The molecule has 6 rings (SSSR count). The number of carbonyl (C=O) groups excluding carboxylic acids is 3. The van der Waals surface area contributed by atoms with E-state index in [1.54, 1.807) is 32.0 Å². The first-order valence-electron chi connectivity index (χ1n) is 19.0. The molecule has 11 nitrogen and oxygen atoms in total. The van der Waals surface area contributed by atoms with Gasteiger partial charge in [0.25, 0.3) is 7.52 Å². The van der Waals surface area contributed by atoms with Crippen LogP contribution in [0.2, 0.25) is 0 Å². The molecule has 2 heterocycles. The molecular weight excluding hydrogens is 717 g/mol. The number of ether oxygens (including phenoxy) is 1. The monoisotopic (exact) mass is 765 g/mol. The third-order valence-electron chi connectivity index (χ3n) is 10.1. The number of esters is 1. The molecule has 0 saturated heterocycles. The van der Waals surface area contributed by atoms with Crippen LogP contribution in [0.25, 0.3) is 21.9 Å². The summed E-state index contributed by atoms with van der Waals surface area (Å²) >= 11 is 0. The van der Waals surface area contributed by atoms with Crippen molar-refractivity contribution >= 4 is 64.2 Å². The maximum Gasteiger partial charge on any atom is 0.338 e. The maximum absolute atomic E-state index is 14.2. The molecule has 0 saturated carbocycles. The van der Waals surface area contributed by atoms with Crippen molar-refractivity contribution in [2.75, 3.05) is 23.8 Å². The van der Waals surface area contributed by atoms with Crippen molar-refractivity contribution in [1.29, 1.82) is 0 Å². The van der Waals surface area contributed by atoms with E-state index in [1.807, 2.05) is 62.4 Å². The SMILES string of the molecule is CCCCC1(CCCC)C(=O)Nc2c(ccc3c(=O)c4cc(C(=O)OCC)cc(Nc5ccc(Cc6ccc(CP(N)(=O)OCC)cc6)cc5)c4oc23)C1=O. The standard InChI is InChI=1S/C43H48N3O8P/c1-5-9-21-43(22-10-6-2)40(48)32-19-20-33-37(47)34-24-30(41(49)52-7-3)25-35(38(34)54-39(33)36(32)46-42(43)50)45-31-17-15-28(16-18-31)23-27-11-13-29(14-12-27)26-55(44,51)53-8-4/h11-20,24-25,45H,5-10,21-23,26H2,1-4H3,(H2,44,51)(H,46,50). The average molecular weight is 766 g/mol. The second kappa shape index (κ2) is 16.7. The summed E-state index contributed by atoms with van der Waals surface area (Å²) in [5.74, 6) is -1.23. The molecule has 1 aromatic heterocycles. The first-order valence-corrected chi connectivity index (χ1v) is 20.9. The summed E-state index contributed by atoms with van der Waals surface area (Å²) in [6, 6.07) is 21.6. The minimum atomic E-state index is -3.18. The van der Waals surface area contributed by atoms with Gasteiger partial charge in [-0.2, -0.15) is 0 Å². The Morgan fingerprint density at radius 3 is 2.07 bits per heavy atom. The highest BCUT2D eigenvalue weighted by Gasteiger charge is 2.49. The lowest BCUT2D eigenvalue weighted by Crippen LogP contribution is -2.47. The Kier molecular flexibility index (Phi) is 12.0. The van der Waals surface area contributed by atoms with Crippen molar-refractivity contribution in [3.05, 3.63) is 111 Å². The van der Waals surface area contributed by atoms with Gasteiger partial charge in [-0.05, 0) is 86.2 Å². The number of hydrogen-bond donors (Lipinski definition) is 3. The van der Waals surface area contributed by atoms with Crippen LogP contribution in [0.15, 0.2) is 82.0 Å². The van der Waals surface area contributed by atoms with Crippen LogP contribution in [0.4, 0.5) is 17.1 Å². The molecule has 288 valence electrons. The molecule has 4 aromatic carbocycles. The molecule has 0 aliphatic carbocycles. The van der Waals surface area contributed by atoms with Gasteiger partial charge in [-0.25, -0.2) is 4.79 Å². The quantitative estimate of drug-likeness (QED) is 0.0381. The Balaban J connectivity index is 1.36. The van der Waals surface area contributed by atoms with Gasteiger partial charge in [-0.15, -0.1) is 0 Å². The van der Waals surface area contributed by atoms with Crippen molar-refractivity contribution in [3.63, 3.8) is 0 Å². The summed E-state index contributed by atoms with van der Waals surface area (Å²) in [7, 11) is -3.18. The fourth-order valence-corrected chi connectivity index (χ4v) is 8.52. The topological polar surface area (TPSA) is 167 Å². The van der Waals surface area contributed by atoms with Gasteiger partial charge in [0.05, 0.1) is 47.1 Å². The van der Waals surface area contributed by atoms with E-state index in [1.165, 1.54) is 6.07 Å². The molecule has 55 heavy (non-hydrogen) atoms. The van der Waals surface area contributed by atoms with Crippen molar-refractivity contribution in [1.82, 2.24) is 0 Å². The maximum atomic E-state index is 14.2. The molecule has 1 amide bonds. The van der Waals surface area contributed by atoms with Gasteiger partial charge in [0, 0.05) is 11.3 Å². The highest BCUT2D eigenvalue weighted by Crippen LogP contribution is 2.45. The number of carbonyl (C=O) groups is 3. The second-order valence-corrected chi connectivity index (χ2v) is 16.1. The first kappa shape index (κ1) is 39.6. The van der Waals surface area contributed by atoms with Crippen LogP contribution >= 0.6 is 7.52 Å². The lowest BCUT2D eigenvalue weighted by atomic mass is 9.69. The van der Waals surface area contributed by atoms with Crippen molar-refractivity contribution in [3.8, 4) is 0 Å². The van der Waals surface area contributed by atoms with Crippen molar-refractivity contribution < 1.29 is 32.6 Å². The third kappa shape index (κ3) is 8.29. The van der Waals surface area contributed by atoms with Crippen LogP contribution in [0.3, 0.4) is 0 Å². The van der Waals surface area contributed by atoms with Crippen LogP contribution in [-0.2, 0) is 31.2 Å². The zero-order valence-corrected chi connectivity index (χ0v) is 32.7. The molecule has 0 radical (unpaired) electrons. The summed E-state index contributed by atoms with van der Waals surface area (Å²) in [6.45, 7) is 7.96. The molecule has 12 heteroatoms. The van der Waals surface area contributed by atoms with Crippen LogP contribution in [0.1, 0.15) is 104 Å². The third-order valence-corrected chi connectivity index (χ3v) is 11.6. The molecule has 0 spiro atoms. The predicted molar refractivity (Wildman–Crippen MR) is 216 cm³/mol. The van der Waals surface area contributed by atoms with Gasteiger partial charge in [0.2, 0.25) is 11.3 Å². The highest BCUT2D eigenvalue weighted by atomic mass is 31.2. The number of amides is 1. The van der Waals surface area contributed by atoms with E-state index in [9.17, 15) is 23.7 Å².